The number of benzene rings is 2. The number of fused-ring (bicyclic) bond motifs is 2. The van der Waals surface area contributed by atoms with Crippen LogP contribution in [0.3, 0.4) is 0 Å². The molecule has 4 rings (SSSR count). The smallest absolute Gasteiger partial charge is 0.293 e. The van der Waals surface area contributed by atoms with E-state index in [9.17, 15) is 14.9 Å². The molecular weight excluding hydrogens is 366 g/mol. The number of para-hydroxylation sites is 1. The number of amides is 1. The van der Waals surface area contributed by atoms with Gasteiger partial charge >= 0.3 is 0 Å². The zero-order valence-corrected chi connectivity index (χ0v) is 14.9. The van der Waals surface area contributed by atoms with E-state index in [0.29, 0.717) is 29.7 Å². The first kappa shape index (κ1) is 17.0. The molecule has 0 fully saturated rings. The lowest BCUT2D eigenvalue weighted by atomic mass is 10.2. The summed E-state index contributed by atoms with van der Waals surface area (Å²) in [5, 5.41) is 18.8. The van der Waals surface area contributed by atoms with Crippen molar-refractivity contribution < 1.29 is 9.72 Å². The van der Waals surface area contributed by atoms with E-state index in [4.69, 9.17) is 0 Å². The summed E-state index contributed by atoms with van der Waals surface area (Å²) < 4.78 is 5.47. The normalized spacial score (nSPS) is 11.0. The SMILES string of the molecule is O=C(NCCNc1nsc2ccccc12)c1cc2cccc([N+](=O)[O-])c2[nH]1. The van der Waals surface area contributed by atoms with Crippen LogP contribution in [0.2, 0.25) is 0 Å². The number of hydrogen-bond acceptors (Lipinski definition) is 6. The highest BCUT2D eigenvalue weighted by atomic mass is 32.1. The number of nitrogens with zero attached hydrogens (tertiary/aromatic N) is 2. The van der Waals surface area contributed by atoms with Gasteiger partial charge in [-0.25, -0.2) is 0 Å². The lowest BCUT2D eigenvalue weighted by molar-refractivity contribution is -0.383. The molecule has 27 heavy (non-hydrogen) atoms. The number of H-pyrrole nitrogens is 1. The summed E-state index contributed by atoms with van der Waals surface area (Å²) in [5.41, 5.74) is 0.585. The monoisotopic (exact) mass is 381 g/mol. The van der Waals surface area contributed by atoms with Crippen molar-refractivity contribution in [1.82, 2.24) is 14.7 Å². The molecule has 0 aliphatic rings. The standard InChI is InChI=1S/C18H15N5O3S/c24-18(13-10-11-4-3-6-14(23(25)26)16(11)21-13)20-9-8-19-17-12-5-1-2-7-15(12)27-22-17/h1-7,10,21H,8-9H2,(H,19,22)(H,20,24). The molecule has 0 aliphatic heterocycles. The number of carbonyl (C=O) groups excluding carboxylic acids is 1. The van der Waals surface area contributed by atoms with Crippen LogP contribution in [-0.2, 0) is 0 Å². The van der Waals surface area contributed by atoms with Gasteiger partial charge in [0.15, 0.2) is 0 Å². The summed E-state index contributed by atoms with van der Waals surface area (Å²) in [7, 11) is 0. The van der Waals surface area contributed by atoms with E-state index in [0.717, 1.165) is 15.9 Å². The van der Waals surface area contributed by atoms with Gasteiger partial charge in [0.05, 0.1) is 9.62 Å². The second-order valence-corrected chi connectivity index (χ2v) is 6.70. The van der Waals surface area contributed by atoms with E-state index < -0.39 is 4.92 Å². The van der Waals surface area contributed by atoms with Crippen molar-refractivity contribution >= 4 is 49.9 Å². The number of carbonyl (C=O) groups is 1. The van der Waals surface area contributed by atoms with E-state index in [2.05, 4.69) is 20.0 Å². The summed E-state index contributed by atoms with van der Waals surface area (Å²) in [6.45, 7) is 0.905. The molecule has 0 unspecified atom stereocenters. The molecule has 2 heterocycles. The van der Waals surface area contributed by atoms with E-state index in [-0.39, 0.29) is 11.6 Å². The molecule has 0 bridgehead atoms. The average Bonchev–Trinajstić information content (AvgIpc) is 3.29. The Morgan fingerprint density at radius 2 is 2.04 bits per heavy atom. The van der Waals surface area contributed by atoms with Gasteiger partial charge in [0.1, 0.15) is 17.0 Å². The predicted molar refractivity (Wildman–Crippen MR) is 105 cm³/mol. The van der Waals surface area contributed by atoms with Crippen molar-refractivity contribution in [3.05, 3.63) is 64.3 Å². The second kappa shape index (κ2) is 7.04. The van der Waals surface area contributed by atoms with Gasteiger partial charge in [-0.15, -0.1) is 0 Å². The molecule has 8 nitrogen and oxygen atoms in total. The van der Waals surface area contributed by atoms with Crippen molar-refractivity contribution in [2.24, 2.45) is 0 Å². The molecule has 2 aromatic carbocycles. The summed E-state index contributed by atoms with van der Waals surface area (Å²) in [5.74, 6) is 0.483. The molecule has 0 aliphatic carbocycles. The Balaban J connectivity index is 1.39. The fourth-order valence-corrected chi connectivity index (χ4v) is 3.64. The van der Waals surface area contributed by atoms with Gasteiger partial charge in [-0.05, 0) is 29.7 Å². The fourth-order valence-electron chi connectivity index (χ4n) is 2.88. The molecule has 3 N–H and O–H groups in total. The summed E-state index contributed by atoms with van der Waals surface area (Å²) >= 11 is 1.42. The molecule has 0 radical (unpaired) electrons. The van der Waals surface area contributed by atoms with Crippen molar-refractivity contribution in [3.63, 3.8) is 0 Å². The Bertz CT molecular complexity index is 1150. The topological polar surface area (TPSA) is 113 Å². The minimum atomic E-state index is -0.470. The lowest BCUT2D eigenvalue weighted by Crippen LogP contribution is -2.29. The fraction of sp³-hybridized carbons (Fsp3) is 0.111. The Morgan fingerprint density at radius 3 is 2.89 bits per heavy atom. The Hall–Kier alpha value is -3.46. The highest BCUT2D eigenvalue weighted by Crippen LogP contribution is 2.26. The third-order valence-electron chi connectivity index (χ3n) is 4.16. The van der Waals surface area contributed by atoms with Crippen LogP contribution in [0, 0.1) is 10.1 Å². The maximum atomic E-state index is 12.3. The third-order valence-corrected chi connectivity index (χ3v) is 4.98. The van der Waals surface area contributed by atoms with E-state index in [1.165, 1.54) is 17.6 Å². The van der Waals surface area contributed by atoms with E-state index >= 15 is 0 Å². The van der Waals surface area contributed by atoms with Crippen LogP contribution in [0.25, 0.3) is 21.0 Å². The average molecular weight is 381 g/mol. The lowest BCUT2D eigenvalue weighted by Gasteiger charge is -2.05. The Labute approximate surface area is 157 Å². The molecule has 4 aromatic rings. The van der Waals surface area contributed by atoms with Crippen LogP contribution >= 0.6 is 11.5 Å². The molecule has 2 aromatic heterocycles. The van der Waals surface area contributed by atoms with Crippen LogP contribution in [-0.4, -0.2) is 33.3 Å². The molecule has 9 heteroatoms. The molecule has 0 atom stereocenters. The maximum Gasteiger partial charge on any atom is 0.293 e. The number of aromatic nitrogens is 2. The molecule has 136 valence electrons. The first-order valence-electron chi connectivity index (χ1n) is 8.26. The first-order chi connectivity index (χ1) is 13.1. The summed E-state index contributed by atoms with van der Waals surface area (Å²) in [6.07, 6.45) is 0. The van der Waals surface area contributed by atoms with Gasteiger partial charge in [0.25, 0.3) is 11.6 Å². The Morgan fingerprint density at radius 1 is 1.19 bits per heavy atom. The number of nitrogens with one attached hydrogen (secondary N) is 3. The number of hydrogen-bond donors (Lipinski definition) is 3. The van der Waals surface area contributed by atoms with Gasteiger partial charge in [-0.3, -0.25) is 14.9 Å². The number of anilines is 1. The summed E-state index contributed by atoms with van der Waals surface area (Å²) in [6, 6.07) is 14.3. The number of nitro benzene ring substituents is 1. The van der Waals surface area contributed by atoms with Crippen molar-refractivity contribution in [2.75, 3.05) is 18.4 Å². The van der Waals surface area contributed by atoms with Crippen LogP contribution in [0.1, 0.15) is 10.5 Å². The zero-order chi connectivity index (χ0) is 18.8. The van der Waals surface area contributed by atoms with E-state index in [1.54, 1.807) is 18.2 Å². The summed E-state index contributed by atoms with van der Waals surface area (Å²) in [4.78, 5) is 25.8. The third kappa shape index (κ3) is 3.32. The van der Waals surface area contributed by atoms with Crippen molar-refractivity contribution in [3.8, 4) is 0 Å². The number of nitro groups is 1. The molecular formula is C18H15N5O3S. The molecule has 1 amide bonds. The number of aromatic amines is 1. The maximum absolute atomic E-state index is 12.3. The molecule has 0 saturated heterocycles. The van der Waals surface area contributed by atoms with Gasteiger partial charge in [-0.1, -0.05) is 24.3 Å². The Kier molecular flexibility index (Phi) is 4.43. The zero-order valence-electron chi connectivity index (χ0n) is 14.1. The highest BCUT2D eigenvalue weighted by molar-refractivity contribution is 7.13. The van der Waals surface area contributed by atoms with Gasteiger partial charge in [0.2, 0.25) is 0 Å². The van der Waals surface area contributed by atoms with Crippen molar-refractivity contribution in [1.29, 1.82) is 0 Å². The van der Waals surface area contributed by atoms with Crippen molar-refractivity contribution in [2.45, 2.75) is 0 Å². The number of non-ortho nitro benzene ring substituents is 1. The first-order valence-corrected chi connectivity index (χ1v) is 9.03. The largest absolute Gasteiger partial charge is 0.367 e. The van der Waals surface area contributed by atoms with E-state index in [1.807, 2.05) is 24.3 Å². The predicted octanol–water partition coefficient (Wildman–Crippen LogP) is 3.53. The minimum Gasteiger partial charge on any atom is -0.367 e. The number of rotatable bonds is 6. The van der Waals surface area contributed by atoms with Crippen LogP contribution in [0.5, 0.6) is 0 Å². The van der Waals surface area contributed by atoms with Gasteiger partial charge in [-0.2, -0.15) is 4.37 Å². The van der Waals surface area contributed by atoms with Crippen LogP contribution in [0.15, 0.2) is 48.5 Å². The van der Waals surface area contributed by atoms with Gasteiger partial charge in [0, 0.05) is 29.9 Å². The molecule has 0 spiro atoms. The highest BCUT2D eigenvalue weighted by Gasteiger charge is 2.16. The van der Waals surface area contributed by atoms with Gasteiger partial charge < -0.3 is 15.6 Å². The molecule has 0 saturated carbocycles. The quantitative estimate of drug-likeness (QED) is 0.269. The second-order valence-electron chi connectivity index (χ2n) is 5.89. The van der Waals surface area contributed by atoms with Crippen LogP contribution < -0.4 is 10.6 Å². The van der Waals surface area contributed by atoms with Crippen LogP contribution in [0.4, 0.5) is 11.5 Å². The minimum absolute atomic E-state index is 0.0522.